The number of benzene rings is 1. The lowest BCUT2D eigenvalue weighted by molar-refractivity contribution is -0.137. The number of halogens is 4. The van der Waals surface area contributed by atoms with Crippen molar-refractivity contribution in [2.24, 2.45) is 0 Å². The van der Waals surface area contributed by atoms with Crippen molar-refractivity contribution in [3.05, 3.63) is 46.6 Å². The van der Waals surface area contributed by atoms with E-state index in [1.807, 2.05) is 0 Å². The predicted octanol–water partition coefficient (Wildman–Crippen LogP) is 4.84. The zero-order valence-corrected chi connectivity index (χ0v) is 24.1. The molecular formula is C25H31ClF3N3O8S. The van der Waals surface area contributed by atoms with Crippen LogP contribution in [0.3, 0.4) is 0 Å². The Balaban J connectivity index is 1.80. The molecule has 16 heteroatoms. The number of rotatable bonds is 12. The second-order valence-corrected chi connectivity index (χ2v) is 11.5. The molecule has 228 valence electrons. The largest absolute Gasteiger partial charge is 0.491 e. The molecule has 1 saturated heterocycles. The minimum absolute atomic E-state index is 0.0138. The summed E-state index contributed by atoms with van der Waals surface area (Å²) in [5, 5.41) is 9.32. The van der Waals surface area contributed by atoms with Gasteiger partial charge in [-0.1, -0.05) is 17.7 Å². The van der Waals surface area contributed by atoms with Crippen LogP contribution in [0.15, 0.2) is 30.5 Å². The molecule has 41 heavy (non-hydrogen) atoms. The van der Waals surface area contributed by atoms with E-state index in [0.29, 0.717) is 34.5 Å². The van der Waals surface area contributed by atoms with Crippen LogP contribution in [-0.4, -0.2) is 85.4 Å². The molecule has 0 saturated carbocycles. The highest BCUT2D eigenvalue weighted by atomic mass is 35.5. The first-order chi connectivity index (χ1) is 19.2. The number of nitrogens with zero attached hydrogens (tertiary/aromatic N) is 3. The Labute approximate surface area is 240 Å². The van der Waals surface area contributed by atoms with Crippen molar-refractivity contribution >= 4 is 27.9 Å². The van der Waals surface area contributed by atoms with Crippen molar-refractivity contribution in [2.45, 2.75) is 45.1 Å². The van der Waals surface area contributed by atoms with Gasteiger partial charge in [0.25, 0.3) is 0 Å². The van der Waals surface area contributed by atoms with Crippen molar-refractivity contribution in [1.29, 1.82) is 0 Å². The van der Waals surface area contributed by atoms with Crippen molar-refractivity contribution in [3.8, 4) is 17.4 Å². The SMILES string of the molecule is COCCOc1ccc(CCCN(C(=O)O)S(=O)(=O)N2C[C@@H](C)O[C@@H](C)C2)c(Oc2ncc(C(F)(F)F)cc2Cl)c1. The zero-order chi connectivity index (χ0) is 30.4. The quantitative estimate of drug-likeness (QED) is 0.330. The summed E-state index contributed by atoms with van der Waals surface area (Å²) in [5.41, 5.74) is -0.566. The first kappa shape index (κ1) is 32.7. The molecule has 1 aliphatic heterocycles. The van der Waals surface area contributed by atoms with Gasteiger partial charge in [0.1, 0.15) is 23.1 Å². The van der Waals surface area contributed by atoms with Crippen molar-refractivity contribution in [2.75, 3.05) is 40.0 Å². The molecule has 2 atom stereocenters. The van der Waals surface area contributed by atoms with Gasteiger partial charge >= 0.3 is 22.5 Å². The number of aromatic nitrogens is 1. The maximum Gasteiger partial charge on any atom is 0.422 e. The fourth-order valence-electron chi connectivity index (χ4n) is 4.11. The van der Waals surface area contributed by atoms with Gasteiger partial charge in [-0.3, -0.25) is 0 Å². The molecule has 3 rings (SSSR count). The molecule has 0 aliphatic carbocycles. The highest BCUT2D eigenvalue weighted by molar-refractivity contribution is 7.87. The molecule has 1 N–H and O–H groups in total. The van der Waals surface area contributed by atoms with Crippen molar-refractivity contribution < 1.29 is 50.4 Å². The van der Waals surface area contributed by atoms with Gasteiger partial charge in [0.2, 0.25) is 5.88 Å². The maximum atomic E-state index is 13.1. The van der Waals surface area contributed by atoms with Crippen LogP contribution < -0.4 is 9.47 Å². The monoisotopic (exact) mass is 625 g/mol. The van der Waals surface area contributed by atoms with E-state index >= 15 is 0 Å². The van der Waals surface area contributed by atoms with E-state index in [0.717, 1.165) is 4.31 Å². The van der Waals surface area contributed by atoms with E-state index in [-0.39, 0.29) is 55.7 Å². The van der Waals surface area contributed by atoms with Gasteiger partial charge in [0, 0.05) is 39.0 Å². The lowest BCUT2D eigenvalue weighted by atomic mass is 10.1. The van der Waals surface area contributed by atoms with E-state index in [1.165, 1.54) is 13.2 Å². The van der Waals surface area contributed by atoms with E-state index in [2.05, 4.69) is 4.98 Å². The summed E-state index contributed by atoms with van der Waals surface area (Å²) in [5.74, 6) is 0.198. The molecule has 1 aliphatic rings. The summed E-state index contributed by atoms with van der Waals surface area (Å²) in [6, 6.07) is 5.39. The summed E-state index contributed by atoms with van der Waals surface area (Å²) >= 11 is 6.02. The molecular weight excluding hydrogens is 595 g/mol. The Morgan fingerprint density at radius 2 is 1.90 bits per heavy atom. The summed E-state index contributed by atoms with van der Waals surface area (Å²) < 4.78 is 88.7. The van der Waals surface area contributed by atoms with Crippen molar-refractivity contribution in [3.63, 3.8) is 0 Å². The Kier molecular flexibility index (Phi) is 11.1. The van der Waals surface area contributed by atoms with Gasteiger partial charge in [-0.2, -0.15) is 30.2 Å². The Bertz CT molecular complexity index is 1310. The fourth-order valence-corrected chi connectivity index (χ4v) is 5.95. The van der Waals surface area contributed by atoms with E-state index in [1.54, 1.807) is 26.0 Å². The van der Waals surface area contributed by atoms with Gasteiger partial charge < -0.3 is 24.1 Å². The van der Waals surface area contributed by atoms with Crippen LogP contribution in [0.4, 0.5) is 18.0 Å². The van der Waals surface area contributed by atoms with Gasteiger partial charge in [-0.15, -0.1) is 0 Å². The van der Waals surface area contributed by atoms with Crippen LogP contribution in [0.25, 0.3) is 0 Å². The summed E-state index contributed by atoms with van der Waals surface area (Å²) in [6.45, 7) is 3.57. The second-order valence-electron chi connectivity index (χ2n) is 9.26. The number of pyridine rings is 1. The third-order valence-corrected chi connectivity index (χ3v) is 8.07. The normalized spacial score (nSPS) is 18.2. The van der Waals surface area contributed by atoms with Crippen LogP contribution in [0, 0.1) is 0 Å². The van der Waals surface area contributed by atoms with Gasteiger partial charge in [0.05, 0.1) is 24.4 Å². The lowest BCUT2D eigenvalue weighted by Gasteiger charge is -2.36. The molecule has 1 aromatic heterocycles. The number of carbonyl (C=O) groups is 1. The minimum Gasteiger partial charge on any atom is -0.491 e. The topological polar surface area (TPSA) is 128 Å². The van der Waals surface area contributed by atoms with Gasteiger partial charge in [-0.05, 0) is 44.4 Å². The van der Waals surface area contributed by atoms with Gasteiger partial charge in [0.15, 0.2) is 0 Å². The average Bonchev–Trinajstić information content (AvgIpc) is 2.87. The second kappa shape index (κ2) is 13.9. The number of alkyl halides is 3. The third kappa shape index (κ3) is 8.82. The van der Waals surface area contributed by atoms with E-state index < -0.39 is 40.3 Å². The fraction of sp³-hybridized carbons (Fsp3) is 0.520. The van der Waals surface area contributed by atoms with E-state index in [9.17, 15) is 31.5 Å². The molecule has 0 unspecified atom stereocenters. The number of amides is 1. The predicted molar refractivity (Wildman–Crippen MR) is 142 cm³/mol. The molecule has 11 nitrogen and oxygen atoms in total. The molecule has 1 amide bonds. The molecule has 2 heterocycles. The molecule has 2 aromatic rings. The van der Waals surface area contributed by atoms with Crippen LogP contribution >= 0.6 is 11.6 Å². The molecule has 0 spiro atoms. The number of hydrogen-bond donors (Lipinski definition) is 1. The lowest BCUT2D eigenvalue weighted by Crippen LogP contribution is -2.54. The number of hydrogen-bond acceptors (Lipinski definition) is 8. The number of ether oxygens (including phenoxy) is 4. The van der Waals surface area contributed by atoms with Crippen LogP contribution in [0.5, 0.6) is 17.4 Å². The minimum atomic E-state index is -4.65. The van der Waals surface area contributed by atoms with E-state index in [4.69, 9.17) is 30.5 Å². The van der Waals surface area contributed by atoms with Crippen LogP contribution in [0.2, 0.25) is 5.02 Å². The molecule has 0 radical (unpaired) electrons. The molecule has 0 bridgehead atoms. The Morgan fingerprint density at radius 3 is 2.49 bits per heavy atom. The zero-order valence-electron chi connectivity index (χ0n) is 22.6. The summed E-state index contributed by atoms with van der Waals surface area (Å²) in [4.78, 5) is 15.6. The number of aryl methyl sites for hydroxylation is 1. The Morgan fingerprint density at radius 1 is 1.22 bits per heavy atom. The maximum absolute atomic E-state index is 13.1. The average molecular weight is 626 g/mol. The van der Waals surface area contributed by atoms with Crippen molar-refractivity contribution in [1.82, 2.24) is 13.6 Å². The third-order valence-electron chi connectivity index (χ3n) is 5.95. The smallest absolute Gasteiger partial charge is 0.422 e. The highest BCUT2D eigenvalue weighted by Gasteiger charge is 2.37. The summed E-state index contributed by atoms with van der Waals surface area (Å²) in [7, 11) is -2.84. The molecule has 1 fully saturated rings. The molecule has 1 aromatic carbocycles. The number of methoxy groups -OCH3 is 1. The van der Waals surface area contributed by atoms with Gasteiger partial charge in [-0.25, -0.2) is 9.78 Å². The summed E-state index contributed by atoms with van der Waals surface area (Å²) in [6.07, 6.45) is -6.29. The highest BCUT2D eigenvalue weighted by Crippen LogP contribution is 2.36. The number of morpholine rings is 1. The van der Waals surface area contributed by atoms with Crippen LogP contribution in [0.1, 0.15) is 31.4 Å². The number of carboxylic acid groups (broad SMARTS) is 1. The standard InChI is InChI=1S/C25H31ClF3N3O8S/c1-16-14-31(15-17(2)39-16)41(35,36)32(24(33)34)8-4-5-18-6-7-20(38-10-9-37-3)12-22(18)40-23-21(26)11-19(13-30-23)25(27,28)29/h6-7,11-13,16-17H,4-5,8-10,14-15H2,1-3H3,(H,33,34)/t16-,17+. The first-order valence-corrected chi connectivity index (χ1v) is 14.3. The first-order valence-electron chi connectivity index (χ1n) is 12.5. The Hall–Kier alpha value is -2.85. The van der Waals surface area contributed by atoms with Crippen LogP contribution in [-0.2, 0) is 32.3 Å².